The molecular formula is C18H17FN6. The van der Waals surface area contributed by atoms with Gasteiger partial charge in [0, 0.05) is 32.5 Å². The molecule has 3 aromatic rings. The Bertz CT molecular complexity index is 925. The van der Waals surface area contributed by atoms with Crippen LogP contribution in [0.2, 0.25) is 0 Å². The average molecular weight is 336 g/mol. The zero-order valence-corrected chi connectivity index (χ0v) is 14.2. The number of nitrogens with zero attached hydrogens (tertiary/aromatic N) is 6. The lowest BCUT2D eigenvalue weighted by atomic mass is 10.2. The van der Waals surface area contributed by atoms with E-state index in [2.05, 4.69) is 16.3 Å². The molecule has 6 nitrogen and oxygen atoms in total. The number of rotatable bonds is 4. The highest BCUT2D eigenvalue weighted by atomic mass is 19.1. The van der Waals surface area contributed by atoms with Crippen LogP contribution in [0, 0.1) is 17.1 Å². The molecule has 25 heavy (non-hydrogen) atoms. The Balaban J connectivity index is 1.92. The number of halogens is 1. The number of benzene rings is 2. The van der Waals surface area contributed by atoms with Gasteiger partial charge in [-0.2, -0.15) is 5.26 Å². The summed E-state index contributed by atoms with van der Waals surface area (Å²) in [5.41, 5.74) is 2.22. The Morgan fingerprint density at radius 3 is 2.16 bits per heavy atom. The second-order valence-corrected chi connectivity index (χ2v) is 5.62. The van der Waals surface area contributed by atoms with E-state index >= 15 is 0 Å². The van der Waals surface area contributed by atoms with Gasteiger partial charge in [-0.15, -0.1) is 10.2 Å². The van der Waals surface area contributed by atoms with Gasteiger partial charge in [-0.05, 0) is 42.5 Å². The molecule has 0 atom stereocenters. The minimum atomic E-state index is -0.284. The standard InChI is InChI=1S/C18H17FN6/c1-23(15-9-7-14(19)8-10-15)17-21-22-18(25(17)3)24(2)16-6-4-5-13(11-16)12-20/h4-11H,1-3H3. The minimum absolute atomic E-state index is 0.284. The second-order valence-electron chi connectivity index (χ2n) is 5.62. The van der Waals surface area contributed by atoms with Crippen LogP contribution in [0.4, 0.5) is 27.7 Å². The van der Waals surface area contributed by atoms with Crippen molar-refractivity contribution in [2.45, 2.75) is 0 Å². The van der Waals surface area contributed by atoms with Crippen LogP contribution in [-0.2, 0) is 7.05 Å². The van der Waals surface area contributed by atoms with Gasteiger partial charge in [0.15, 0.2) is 0 Å². The Morgan fingerprint density at radius 1 is 0.960 bits per heavy atom. The minimum Gasteiger partial charge on any atom is -0.314 e. The number of nitriles is 1. The Hall–Kier alpha value is -3.40. The van der Waals surface area contributed by atoms with Gasteiger partial charge in [-0.3, -0.25) is 4.57 Å². The highest BCUT2D eigenvalue weighted by Crippen LogP contribution is 2.27. The molecule has 0 aliphatic heterocycles. The maximum Gasteiger partial charge on any atom is 0.232 e. The van der Waals surface area contributed by atoms with Gasteiger partial charge in [-0.1, -0.05) is 6.07 Å². The molecule has 0 aliphatic rings. The SMILES string of the molecule is CN(c1ccc(F)cc1)c1nnc(N(C)c2cccc(C#N)c2)n1C. The molecule has 0 aliphatic carbocycles. The van der Waals surface area contributed by atoms with Crippen molar-refractivity contribution in [2.24, 2.45) is 7.05 Å². The van der Waals surface area contributed by atoms with Crippen LogP contribution < -0.4 is 9.80 Å². The summed E-state index contributed by atoms with van der Waals surface area (Å²) in [6.07, 6.45) is 0. The molecule has 1 aromatic heterocycles. The molecule has 0 radical (unpaired) electrons. The predicted molar refractivity (Wildman–Crippen MR) is 94.7 cm³/mol. The van der Waals surface area contributed by atoms with E-state index in [1.807, 2.05) is 47.6 Å². The Labute approximate surface area is 145 Å². The van der Waals surface area contributed by atoms with Crippen molar-refractivity contribution in [1.29, 1.82) is 5.26 Å². The van der Waals surface area contributed by atoms with Crippen LogP contribution in [-0.4, -0.2) is 28.9 Å². The summed E-state index contributed by atoms with van der Waals surface area (Å²) >= 11 is 0. The van der Waals surface area contributed by atoms with Crippen LogP contribution in [0.3, 0.4) is 0 Å². The van der Waals surface area contributed by atoms with E-state index in [-0.39, 0.29) is 5.82 Å². The third kappa shape index (κ3) is 3.15. The van der Waals surface area contributed by atoms with E-state index in [1.165, 1.54) is 12.1 Å². The highest BCUT2D eigenvalue weighted by Gasteiger charge is 2.18. The second kappa shape index (κ2) is 6.61. The van der Waals surface area contributed by atoms with E-state index < -0.39 is 0 Å². The van der Waals surface area contributed by atoms with E-state index in [1.54, 1.807) is 24.3 Å². The summed E-state index contributed by atoms with van der Waals surface area (Å²) in [6.45, 7) is 0. The molecule has 0 fully saturated rings. The fraction of sp³-hybridized carbons (Fsp3) is 0.167. The Morgan fingerprint density at radius 2 is 1.56 bits per heavy atom. The van der Waals surface area contributed by atoms with E-state index in [0.29, 0.717) is 17.5 Å². The summed E-state index contributed by atoms with van der Waals surface area (Å²) in [7, 11) is 5.56. The molecule has 0 unspecified atom stereocenters. The largest absolute Gasteiger partial charge is 0.314 e. The van der Waals surface area contributed by atoms with Gasteiger partial charge in [0.2, 0.25) is 11.9 Å². The quantitative estimate of drug-likeness (QED) is 0.731. The van der Waals surface area contributed by atoms with Gasteiger partial charge in [0.05, 0.1) is 11.6 Å². The Kier molecular flexibility index (Phi) is 4.35. The number of hydrogen-bond donors (Lipinski definition) is 0. The van der Waals surface area contributed by atoms with Gasteiger partial charge in [0.1, 0.15) is 5.82 Å². The van der Waals surface area contributed by atoms with Crippen molar-refractivity contribution < 1.29 is 4.39 Å². The van der Waals surface area contributed by atoms with Crippen molar-refractivity contribution in [2.75, 3.05) is 23.9 Å². The smallest absolute Gasteiger partial charge is 0.232 e. The monoisotopic (exact) mass is 336 g/mol. The van der Waals surface area contributed by atoms with Crippen LogP contribution in [0.1, 0.15) is 5.56 Å². The summed E-state index contributed by atoms with van der Waals surface area (Å²) in [5, 5.41) is 17.6. The predicted octanol–water partition coefficient (Wildman–Crippen LogP) is 3.36. The molecule has 0 bridgehead atoms. The molecule has 1 heterocycles. The van der Waals surface area contributed by atoms with Crippen molar-refractivity contribution in [3.05, 3.63) is 59.9 Å². The summed E-state index contributed by atoms with van der Waals surface area (Å²) in [5.74, 6) is 0.955. The number of hydrogen-bond acceptors (Lipinski definition) is 5. The van der Waals surface area contributed by atoms with Gasteiger partial charge in [-0.25, -0.2) is 4.39 Å². The third-order valence-corrected chi connectivity index (χ3v) is 4.01. The van der Waals surface area contributed by atoms with E-state index in [4.69, 9.17) is 5.26 Å². The molecule has 0 saturated heterocycles. The van der Waals surface area contributed by atoms with Crippen molar-refractivity contribution in [3.63, 3.8) is 0 Å². The lowest BCUT2D eigenvalue weighted by Gasteiger charge is -2.21. The fourth-order valence-electron chi connectivity index (χ4n) is 2.58. The first-order valence-electron chi connectivity index (χ1n) is 7.64. The fourth-order valence-corrected chi connectivity index (χ4v) is 2.58. The maximum absolute atomic E-state index is 13.1. The topological polar surface area (TPSA) is 61.0 Å². The lowest BCUT2D eigenvalue weighted by Crippen LogP contribution is -2.18. The van der Waals surface area contributed by atoms with Crippen molar-refractivity contribution >= 4 is 23.3 Å². The number of anilines is 4. The summed E-state index contributed by atoms with van der Waals surface area (Å²) < 4.78 is 14.9. The van der Waals surface area contributed by atoms with Crippen LogP contribution in [0.15, 0.2) is 48.5 Å². The van der Waals surface area contributed by atoms with Gasteiger partial charge >= 0.3 is 0 Å². The molecule has 7 heteroatoms. The number of aromatic nitrogens is 3. The molecular weight excluding hydrogens is 319 g/mol. The first-order valence-corrected chi connectivity index (χ1v) is 7.64. The molecule has 126 valence electrons. The van der Waals surface area contributed by atoms with E-state index in [9.17, 15) is 4.39 Å². The van der Waals surface area contributed by atoms with Crippen molar-refractivity contribution in [1.82, 2.24) is 14.8 Å². The average Bonchev–Trinajstić information content (AvgIpc) is 3.02. The zero-order valence-electron chi connectivity index (χ0n) is 14.2. The van der Waals surface area contributed by atoms with Crippen LogP contribution in [0.5, 0.6) is 0 Å². The van der Waals surface area contributed by atoms with Gasteiger partial charge < -0.3 is 9.80 Å². The highest BCUT2D eigenvalue weighted by molar-refractivity contribution is 5.62. The molecule has 2 aromatic carbocycles. The first kappa shape index (κ1) is 16.5. The van der Waals surface area contributed by atoms with Crippen LogP contribution >= 0.6 is 0 Å². The normalized spacial score (nSPS) is 10.4. The molecule has 0 N–H and O–H groups in total. The first-order chi connectivity index (χ1) is 12.0. The summed E-state index contributed by atoms with van der Waals surface area (Å²) in [6, 6.07) is 15.6. The van der Waals surface area contributed by atoms with E-state index in [0.717, 1.165) is 11.4 Å². The van der Waals surface area contributed by atoms with Gasteiger partial charge in [0.25, 0.3) is 0 Å². The van der Waals surface area contributed by atoms with Crippen LogP contribution in [0.25, 0.3) is 0 Å². The van der Waals surface area contributed by atoms with Crippen molar-refractivity contribution in [3.8, 4) is 6.07 Å². The summed E-state index contributed by atoms with van der Waals surface area (Å²) in [4.78, 5) is 3.69. The maximum atomic E-state index is 13.1. The molecule has 0 spiro atoms. The molecule has 3 rings (SSSR count). The zero-order chi connectivity index (χ0) is 18.0. The lowest BCUT2D eigenvalue weighted by molar-refractivity contribution is 0.628. The molecule has 0 amide bonds. The molecule has 0 saturated carbocycles. The third-order valence-electron chi connectivity index (χ3n) is 4.01.